The molecule has 0 N–H and O–H groups in total. The molecular weight excluding hydrogens is 522 g/mol. The van der Waals surface area contributed by atoms with E-state index in [2.05, 4.69) is 16.0 Å². The largest absolute Gasteiger partial charge is 0.493 e. The van der Waals surface area contributed by atoms with Gasteiger partial charge in [-0.3, -0.25) is 9.59 Å². The number of piperazine rings is 1. The van der Waals surface area contributed by atoms with E-state index in [0.717, 1.165) is 36.3 Å². The molecule has 0 radical (unpaired) electrons. The monoisotopic (exact) mass is 561 g/mol. The highest BCUT2D eigenvalue weighted by Gasteiger charge is 2.25. The molecule has 41 heavy (non-hydrogen) atoms. The van der Waals surface area contributed by atoms with E-state index in [9.17, 15) is 9.59 Å². The fourth-order valence-electron chi connectivity index (χ4n) is 4.83. The predicted octanol–water partition coefficient (Wildman–Crippen LogP) is 5.23. The third kappa shape index (κ3) is 7.90. The number of ether oxygens (including phenoxy) is 4. The van der Waals surface area contributed by atoms with Crippen LogP contribution in [0.4, 0.5) is 5.69 Å². The van der Waals surface area contributed by atoms with Crippen LogP contribution in [0.25, 0.3) is 11.3 Å². The molecule has 3 aromatic rings. The van der Waals surface area contributed by atoms with Crippen LogP contribution in [0, 0.1) is 0 Å². The van der Waals surface area contributed by atoms with E-state index in [4.69, 9.17) is 18.9 Å². The number of unbranched alkanes of at least 4 members (excludes halogenated alkanes) is 2. The molecule has 0 saturated carbocycles. The summed E-state index contributed by atoms with van der Waals surface area (Å²) in [5.41, 5.74) is 2.98. The van der Waals surface area contributed by atoms with Crippen molar-refractivity contribution in [3.05, 3.63) is 66.4 Å². The Morgan fingerprint density at radius 3 is 2.37 bits per heavy atom. The molecule has 1 aromatic heterocycles. The number of anilines is 1. The number of aromatic nitrogens is 1. The van der Waals surface area contributed by atoms with E-state index in [1.165, 1.54) is 0 Å². The Kier molecular flexibility index (Phi) is 10.8. The quantitative estimate of drug-likeness (QED) is 0.207. The zero-order chi connectivity index (χ0) is 29.0. The van der Waals surface area contributed by atoms with Gasteiger partial charge in [0, 0.05) is 38.2 Å². The van der Waals surface area contributed by atoms with Gasteiger partial charge in [-0.2, -0.15) is 0 Å². The minimum absolute atomic E-state index is 0.0840. The number of hydrogen-bond donors (Lipinski definition) is 0. The van der Waals surface area contributed by atoms with Crippen molar-refractivity contribution in [3.63, 3.8) is 0 Å². The molecule has 1 aliphatic heterocycles. The average molecular weight is 562 g/mol. The van der Waals surface area contributed by atoms with Crippen LogP contribution in [-0.4, -0.2) is 75.4 Å². The average Bonchev–Trinajstić information content (AvgIpc) is 3.02. The van der Waals surface area contributed by atoms with Crippen molar-refractivity contribution in [2.24, 2.45) is 0 Å². The summed E-state index contributed by atoms with van der Waals surface area (Å²) in [4.78, 5) is 33.6. The van der Waals surface area contributed by atoms with Crippen molar-refractivity contribution in [2.45, 2.75) is 32.6 Å². The first-order valence-electron chi connectivity index (χ1n) is 14.1. The van der Waals surface area contributed by atoms with Crippen LogP contribution in [0.5, 0.6) is 17.2 Å². The van der Waals surface area contributed by atoms with Gasteiger partial charge in [0.05, 0.1) is 38.8 Å². The third-order valence-corrected chi connectivity index (χ3v) is 7.01. The zero-order valence-electron chi connectivity index (χ0n) is 24.1. The Labute approximate surface area is 242 Å². The molecule has 1 amide bonds. The first kappa shape index (κ1) is 29.7. The molecule has 1 saturated heterocycles. The van der Waals surface area contributed by atoms with Gasteiger partial charge in [0.25, 0.3) is 5.91 Å². The Hall–Kier alpha value is -4.27. The molecule has 9 heteroatoms. The number of amides is 1. The predicted molar refractivity (Wildman–Crippen MR) is 158 cm³/mol. The molecule has 2 aromatic carbocycles. The molecule has 218 valence electrons. The molecular formula is C32H39N3O6. The number of hydrogen-bond acceptors (Lipinski definition) is 8. The molecule has 4 rings (SSSR count). The summed E-state index contributed by atoms with van der Waals surface area (Å²) in [5, 5.41) is 0. The van der Waals surface area contributed by atoms with Crippen LogP contribution in [-0.2, 0) is 9.53 Å². The number of carbonyl (C=O) groups is 2. The number of rotatable bonds is 13. The summed E-state index contributed by atoms with van der Waals surface area (Å²) in [6, 6.07) is 19.1. The summed E-state index contributed by atoms with van der Waals surface area (Å²) in [5.74, 6) is 1.86. The maximum absolute atomic E-state index is 13.4. The molecule has 0 unspecified atom stereocenters. The standard InChI is InChI=1S/C32H39N3O6/c1-4-40-31(36)15-6-5-9-22-41-28-14-8-7-13-27(28)34-18-20-35(21-19-34)32(37)26-12-10-11-25(33-26)24-16-17-29(38-2)30(23-24)39-3/h7-8,10-14,16-17,23H,4-6,9,15,18-22H2,1-3H3. The van der Waals surface area contributed by atoms with Crippen LogP contribution in [0.15, 0.2) is 60.7 Å². The second-order valence-electron chi connectivity index (χ2n) is 9.69. The van der Waals surface area contributed by atoms with Gasteiger partial charge in [-0.1, -0.05) is 18.2 Å². The van der Waals surface area contributed by atoms with Crippen LogP contribution < -0.4 is 19.1 Å². The van der Waals surface area contributed by atoms with E-state index >= 15 is 0 Å². The highest BCUT2D eigenvalue weighted by atomic mass is 16.5. The summed E-state index contributed by atoms with van der Waals surface area (Å²) >= 11 is 0. The lowest BCUT2D eigenvalue weighted by Gasteiger charge is -2.36. The minimum Gasteiger partial charge on any atom is -0.493 e. The van der Waals surface area contributed by atoms with Crippen molar-refractivity contribution < 1.29 is 28.5 Å². The molecule has 1 aliphatic rings. The number of nitrogens with zero attached hydrogens (tertiary/aromatic N) is 3. The number of methoxy groups -OCH3 is 2. The Bertz CT molecular complexity index is 1310. The smallest absolute Gasteiger partial charge is 0.305 e. The van der Waals surface area contributed by atoms with Crippen molar-refractivity contribution >= 4 is 17.6 Å². The highest BCUT2D eigenvalue weighted by Crippen LogP contribution is 2.32. The van der Waals surface area contributed by atoms with Gasteiger partial charge in [0.2, 0.25) is 0 Å². The molecule has 0 aliphatic carbocycles. The number of esters is 1. The maximum atomic E-state index is 13.4. The van der Waals surface area contributed by atoms with Gasteiger partial charge in [0.15, 0.2) is 11.5 Å². The third-order valence-electron chi connectivity index (χ3n) is 7.01. The van der Waals surface area contributed by atoms with Crippen LogP contribution >= 0.6 is 0 Å². The normalized spacial score (nSPS) is 13.0. The van der Waals surface area contributed by atoms with Crippen LogP contribution in [0.3, 0.4) is 0 Å². The number of pyridine rings is 1. The van der Waals surface area contributed by atoms with Gasteiger partial charge in [-0.25, -0.2) is 4.98 Å². The lowest BCUT2D eigenvalue weighted by Crippen LogP contribution is -2.49. The number of carbonyl (C=O) groups excluding carboxylic acids is 2. The maximum Gasteiger partial charge on any atom is 0.305 e. The summed E-state index contributed by atoms with van der Waals surface area (Å²) in [6.45, 7) is 5.39. The van der Waals surface area contributed by atoms with Gasteiger partial charge in [0.1, 0.15) is 11.4 Å². The topological polar surface area (TPSA) is 90.4 Å². The minimum atomic E-state index is -0.141. The lowest BCUT2D eigenvalue weighted by atomic mass is 10.1. The molecule has 0 atom stereocenters. The Morgan fingerprint density at radius 1 is 0.829 bits per heavy atom. The molecule has 9 nitrogen and oxygen atoms in total. The fraction of sp³-hybridized carbons (Fsp3) is 0.406. The summed E-state index contributed by atoms with van der Waals surface area (Å²) < 4.78 is 21.8. The highest BCUT2D eigenvalue weighted by molar-refractivity contribution is 5.93. The Morgan fingerprint density at radius 2 is 1.61 bits per heavy atom. The van der Waals surface area contributed by atoms with E-state index in [0.29, 0.717) is 68.7 Å². The Balaban J connectivity index is 1.31. The van der Waals surface area contributed by atoms with Crippen LogP contribution in [0.1, 0.15) is 43.1 Å². The van der Waals surface area contributed by atoms with Crippen molar-refractivity contribution in [2.75, 3.05) is 58.5 Å². The lowest BCUT2D eigenvalue weighted by molar-refractivity contribution is -0.143. The van der Waals surface area contributed by atoms with E-state index in [-0.39, 0.29) is 11.9 Å². The van der Waals surface area contributed by atoms with E-state index < -0.39 is 0 Å². The second kappa shape index (κ2) is 14.9. The SMILES string of the molecule is CCOC(=O)CCCCCOc1ccccc1N1CCN(C(=O)c2cccc(-c3ccc(OC)c(OC)c3)n2)CC1. The van der Waals surface area contributed by atoms with Crippen molar-refractivity contribution in [1.29, 1.82) is 0 Å². The van der Waals surface area contributed by atoms with E-state index in [1.54, 1.807) is 20.3 Å². The van der Waals surface area contributed by atoms with Gasteiger partial charge in [-0.15, -0.1) is 0 Å². The van der Waals surface area contributed by atoms with Gasteiger partial charge >= 0.3 is 5.97 Å². The van der Waals surface area contributed by atoms with E-state index in [1.807, 2.05) is 60.4 Å². The molecule has 1 fully saturated rings. The zero-order valence-corrected chi connectivity index (χ0v) is 24.1. The first-order chi connectivity index (χ1) is 20.0. The number of para-hydroxylation sites is 2. The molecule has 0 bridgehead atoms. The van der Waals surface area contributed by atoms with Crippen molar-refractivity contribution in [1.82, 2.24) is 9.88 Å². The van der Waals surface area contributed by atoms with Crippen LogP contribution in [0.2, 0.25) is 0 Å². The van der Waals surface area contributed by atoms with Gasteiger partial charge < -0.3 is 28.7 Å². The summed E-state index contributed by atoms with van der Waals surface area (Å²) in [6.07, 6.45) is 3.02. The second-order valence-corrected chi connectivity index (χ2v) is 9.69. The van der Waals surface area contributed by atoms with Crippen molar-refractivity contribution in [3.8, 4) is 28.5 Å². The van der Waals surface area contributed by atoms with Gasteiger partial charge in [-0.05, 0) is 68.7 Å². The summed E-state index contributed by atoms with van der Waals surface area (Å²) in [7, 11) is 3.19. The fourth-order valence-corrected chi connectivity index (χ4v) is 4.83. The first-order valence-corrected chi connectivity index (χ1v) is 14.1. The molecule has 2 heterocycles. The number of benzene rings is 2. The molecule has 0 spiro atoms.